The van der Waals surface area contributed by atoms with Crippen LogP contribution < -0.4 is 10.1 Å². The molecule has 0 saturated heterocycles. The molecule has 5 nitrogen and oxygen atoms in total. The Labute approximate surface area is 125 Å². The third-order valence-electron chi connectivity index (χ3n) is 3.59. The fourth-order valence-electron chi connectivity index (χ4n) is 1.63. The fraction of sp³-hybridized carbons (Fsp3) is 0.500. The molecule has 0 aliphatic carbocycles. The number of aliphatic carboxylic acids is 1. The Hall–Kier alpha value is -2.04. The van der Waals surface area contributed by atoms with E-state index in [1.54, 1.807) is 13.8 Å². The van der Waals surface area contributed by atoms with Crippen molar-refractivity contribution in [2.75, 3.05) is 13.2 Å². The van der Waals surface area contributed by atoms with Crippen LogP contribution in [0, 0.1) is 12.3 Å². The van der Waals surface area contributed by atoms with Crippen LogP contribution in [0.5, 0.6) is 5.75 Å². The summed E-state index contributed by atoms with van der Waals surface area (Å²) in [5.74, 6) is -0.387. The third-order valence-corrected chi connectivity index (χ3v) is 3.59. The number of hydrogen-bond donors (Lipinski definition) is 2. The van der Waals surface area contributed by atoms with E-state index in [1.165, 1.54) is 0 Å². The van der Waals surface area contributed by atoms with E-state index in [1.807, 2.05) is 31.2 Å². The minimum Gasteiger partial charge on any atom is -0.493 e. The average Bonchev–Trinajstić information content (AvgIpc) is 2.46. The molecule has 1 amide bonds. The maximum absolute atomic E-state index is 11.7. The number of hydrogen-bond acceptors (Lipinski definition) is 3. The largest absolute Gasteiger partial charge is 0.493 e. The maximum Gasteiger partial charge on any atom is 0.311 e. The maximum atomic E-state index is 11.7. The highest BCUT2D eigenvalue weighted by Gasteiger charge is 2.31. The van der Waals surface area contributed by atoms with Crippen molar-refractivity contribution < 1.29 is 19.4 Å². The molecular formula is C16H23NO4. The van der Waals surface area contributed by atoms with Gasteiger partial charge in [-0.15, -0.1) is 0 Å². The SMILES string of the molecule is CCC(C)(CNC(=O)CCOc1ccc(C)cc1)C(=O)O. The Morgan fingerprint density at radius 3 is 2.43 bits per heavy atom. The molecule has 116 valence electrons. The van der Waals surface area contributed by atoms with E-state index in [9.17, 15) is 9.59 Å². The van der Waals surface area contributed by atoms with Crippen molar-refractivity contribution in [2.24, 2.45) is 5.41 Å². The molecule has 2 N–H and O–H groups in total. The first-order valence-corrected chi connectivity index (χ1v) is 7.07. The van der Waals surface area contributed by atoms with Crippen LogP contribution in [-0.2, 0) is 9.59 Å². The number of carboxylic acid groups (broad SMARTS) is 1. The molecule has 0 aliphatic heterocycles. The van der Waals surface area contributed by atoms with Gasteiger partial charge >= 0.3 is 5.97 Å². The molecule has 0 fully saturated rings. The van der Waals surface area contributed by atoms with Gasteiger partial charge in [-0.3, -0.25) is 9.59 Å². The first kappa shape index (κ1) is 17.0. The van der Waals surface area contributed by atoms with Crippen LogP contribution in [0.2, 0.25) is 0 Å². The Morgan fingerprint density at radius 1 is 1.29 bits per heavy atom. The topological polar surface area (TPSA) is 75.6 Å². The minimum atomic E-state index is -0.923. The van der Waals surface area contributed by atoms with Gasteiger partial charge in [-0.2, -0.15) is 0 Å². The van der Waals surface area contributed by atoms with Crippen LogP contribution in [0.15, 0.2) is 24.3 Å². The summed E-state index contributed by atoms with van der Waals surface area (Å²) in [4.78, 5) is 22.8. The number of benzene rings is 1. The predicted molar refractivity (Wildman–Crippen MR) is 80.3 cm³/mol. The number of ether oxygens (including phenoxy) is 1. The summed E-state index contributed by atoms with van der Waals surface area (Å²) in [7, 11) is 0. The van der Waals surface area contributed by atoms with Crippen molar-refractivity contribution >= 4 is 11.9 Å². The normalized spacial score (nSPS) is 13.3. The molecule has 1 unspecified atom stereocenters. The molecule has 1 aromatic carbocycles. The number of carbonyl (C=O) groups excluding carboxylic acids is 1. The van der Waals surface area contributed by atoms with Gasteiger partial charge in [0.2, 0.25) is 5.91 Å². The first-order chi connectivity index (χ1) is 9.87. The second-order valence-corrected chi connectivity index (χ2v) is 5.41. The van der Waals surface area contributed by atoms with E-state index >= 15 is 0 Å². The van der Waals surface area contributed by atoms with Crippen LogP contribution in [0.4, 0.5) is 0 Å². The van der Waals surface area contributed by atoms with Crippen molar-refractivity contribution in [1.82, 2.24) is 5.32 Å². The van der Waals surface area contributed by atoms with Gasteiger partial charge in [0.05, 0.1) is 18.4 Å². The summed E-state index contributed by atoms with van der Waals surface area (Å²) < 4.78 is 5.46. The molecule has 5 heteroatoms. The molecule has 0 radical (unpaired) electrons. The molecule has 1 aromatic rings. The van der Waals surface area contributed by atoms with E-state index in [0.29, 0.717) is 6.42 Å². The van der Waals surface area contributed by atoms with Crippen LogP contribution >= 0.6 is 0 Å². The molecule has 0 heterocycles. The van der Waals surface area contributed by atoms with Gasteiger partial charge in [0.25, 0.3) is 0 Å². The summed E-state index contributed by atoms with van der Waals surface area (Å²) >= 11 is 0. The minimum absolute atomic E-state index is 0.127. The summed E-state index contributed by atoms with van der Waals surface area (Å²) in [5, 5.41) is 11.8. The van der Waals surface area contributed by atoms with Crippen LogP contribution in [0.3, 0.4) is 0 Å². The van der Waals surface area contributed by atoms with E-state index in [-0.39, 0.29) is 25.5 Å². The standard InChI is InChI=1S/C16H23NO4/c1-4-16(3,15(19)20)11-17-14(18)9-10-21-13-7-5-12(2)6-8-13/h5-8H,4,9-11H2,1-3H3,(H,17,18)(H,19,20). The zero-order valence-corrected chi connectivity index (χ0v) is 12.8. The Bertz CT molecular complexity index is 484. The smallest absolute Gasteiger partial charge is 0.311 e. The van der Waals surface area contributed by atoms with Gasteiger partial charge in [-0.1, -0.05) is 24.6 Å². The van der Waals surface area contributed by atoms with Gasteiger partial charge in [0, 0.05) is 6.54 Å². The summed E-state index contributed by atoms with van der Waals surface area (Å²) in [5.41, 5.74) is 0.223. The number of nitrogens with one attached hydrogen (secondary N) is 1. The Balaban J connectivity index is 2.31. The predicted octanol–water partition coefficient (Wildman–Crippen LogP) is 2.38. The van der Waals surface area contributed by atoms with Gasteiger partial charge in [0.1, 0.15) is 5.75 Å². The highest BCUT2D eigenvalue weighted by molar-refractivity contribution is 5.78. The third kappa shape index (κ3) is 5.45. The van der Waals surface area contributed by atoms with Crippen LogP contribution in [0.25, 0.3) is 0 Å². The first-order valence-electron chi connectivity index (χ1n) is 7.07. The molecule has 1 rings (SSSR count). The van der Waals surface area contributed by atoms with E-state index in [2.05, 4.69) is 5.32 Å². The van der Waals surface area contributed by atoms with Gasteiger partial charge < -0.3 is 15.2 Å². The second kappa shape index (κ2) is 7.67. The zero-order valence-electron chi connectivity index (χ0n) is 12.8. The van der Waals surface area contributed by atoms with Crippen LogP contribution in [-0.4, -0.2) is 30.1 Å². The highest BCUT2D eigenvalue weighted by Crippen LogP contribution is 2.19. The monoisotopic (exact) mass is 293 g/mol. The highest BCUT2D eigenvalue weighted by atomic mass is 16.5. The molecule has 1 atom stereocenters. The average molecular weight is 293 g/mol. The molecule has 0 saturated carbocycles. The van der Waals surface area contributed by atoms with Crippen molar-refractivity contribution in [3.05, 3.63) is 29.8 Å². The molecule has 0 spiro atoms. The lowest BCUT2D eigenvalue weighted by Crippen LogP contribution is -2.40. The zero-order chi connectivity index (χ0) is 15.9. The van der Waals surface area contributed by atoms with Crippen molar-refractivity contribution in [2.45, 2.75) is 33.6 Å². The van der Waals surface area contributed by atoms with E-state index in [4.69, 9.17) is 9.84 Å². The van der Waals surface area contributed by atoms with Crippen molar-refractivity contribution in [3.63, 3.8) is 0 Å². The number of amides is 1. The van der Waals surface area contributed by atoms with Crippen molar-refractivity contribution in [3.8, 4) is 5.75 Å². The van der Waals surface area contributed by atoms with Crippen molar-refractivity contribution in [1.29, 1.82) is 0 Å². The summed E-state index contributed by atoms with van der Waals surface area (Å²) in [6, 6.07) is 7.58. The van der Waals surface area contributed by atoms with Crippen LogP contribution in [0.1, 0.15) is 32.3 Å². The Kier molecular flexibility index (Phi) is 6.21. The molecule has 0 aromatic heterocycles. The van der Waals surface area contributed by atoms with E-state index in [0.717, 1.165) is 11.3 Å². The number of carbonyl (C=O) groups is 2. The lowest BCUT2D eigenvalue weighted by atomic mass is 9.88. The second-order valence-electron chi connectivity index (χ2n) is 5.41. The van der Waals surface area contributed by atoms with Gasteiger partial charge in [-0.25, -0.2) is 0 Å². The number of carboxylic acids is 1. The van der Waals surface area contributed by atoms with E-state index < -0.39 is 11.4 Å². The fourth-order valence-corrected chi connectivity index (χ4v) is 1.63. The van der Waals surface area contributed by atoms with Gasteiger partial charge in [-0.05, 0) is 32.4 Å². The molecule has 21 heavy (non-hydrogen) atoms. The lowest BCUT2D eigenvalue weighted by Gasteiger charge is -2.23. The summed E-state index contributed by atoms with van der Waals surface area (Å²) in [6.07, 6.45) is 0.662. The number of aryl methyl sites for hydroxylation is 1. The molecular weight excluding hydrogens is 270 g/mol. The molecule has 0 aliphatic rings. The summed E-state index contributed by atoms with van der Waals surface area (Å²) in [6.45, 7) is 5.80. The molecule has 0 bridgehead atoms. The number of rotatable bonds is 8. The quantitative estimate of drug-likeness (QED) is 0.771. The Morgan fingerprint density at radius 2 is 1.90 bits per heavy atom. The van der Waals surface area contributed by atoms with Gasteiger partial charge in [0.15, 0.2) is 0 Å². The lowest BCUT2D eigenvalue weighted by molar-refractivity contribution is -0.148.